The van der Waals surface area contributed by atoms with Crippen molar-refractivity contribution in [3.63, 3.8) is 0 Å². The number of likely N-dealkylation sites (tertiary alicyclic amines) is 1. The first-order valence-corrected chi connectivity index (χ1v) is 13.9. The van der Waals surface area contributed by atoms with Crippen LogP contribution in [0.15, 0.2) is 72.8 Å². The third kappa shape index (κ3) is 6.63. The summed E-state index contributed by atoms with van der Waals surface area (Å²) in [6.07, 6.45) is 2.64. The molecule has 0 radical (unpaired) electrons. The molecule has 2 heterocycles. The first-order chi connectivity index (χ1) is 18.9. The average Bonchev–Trinajstić information content (AvgIpc) is 2.96. The molecule has 0 aliphatic carbocycles. The zero-order chi connectivity index (χ0) is 27.2. The highest BCUT2D eigenvalue weighted by atomic mass is 35.5. The van der Waals surface area contributed by atoms with Crippen LogP contribution >= 0.6 is 11.6 Å². The van der Waals surface area contributed by atoms with Crippen molar-refractivity contribution in [1.29, 1.82) is 0 Å². The Labute approximate surface area is 235 Å². The average molecular weight is 547 g/mol. The van der Waals surface area contributed by atoms with E-state index in [4.69, 9.17) is 21.1 Å². The van der Waals surface area contributed by atoms with Gasteiger partial charge in [-0.3, -0.25) is 9.59 Å². The van der Waals surface area contributed by atoms with E-state index < -0.39 is 0 Å². The SMILES string of the molecule is COCc1cccc(C(=O)N2CCC(COc3cccc(Cl)c3)(CC(=O)N3CCc4ccccc4C3)CC2)c1. The molecule has 6 nitrogen and oxygen atoms in total. The van der Waals surface area contributed by atoms with Crippen LogP contribution in [0.2, 0.25) is 5.02 Å². The van der Waals surface area contributed by atoms with Gasteiger partial charge in [0.25, 0.3) is 5.91 Å². The number of amides is 2. The second kappa shape index (κ2) is 12.2. The standard InChI is InChI=1S/C32H35ClN2O4/c1-38-22-24-6-4-9-26(18-24)31(37)34-16-13-32(14-17-34,23-39-29-11-5-10-28(33)19-29)20-30(36)35-15-12-25-7-2-3-8-27(25)21-35/h2-11,18-19H,12-17,20-23H2,1H3. The lowest BCUT2D eigenvalue weighted by Gasteiger charge is -2.42. The Kier molecular flexibility index (Phi) is 8.53. The molecule has 0 N–H and O–H groups in total. The van der Waals surface area contributed by atoms with Gasteiger partial charge in [-0.15, -0.1) is 0 Å². The summed E-state index contributed by atoms with van der Waals surface area (Å²) in [7, 11) is 1.65. The highest BCUT2D eigenvalue weighted by Crippen LogP contribution is 2.38. The number of benzene rings is 3. The van der Waals surface area contributed by atoms with Gasteiger partial charge in [-0.25, -0.2) is 0 Å². The van der Waals surface area contributed by atoms with E-state index in [1.807, 2.05) is 58.3 Å². The molecule has 0 spiro atoms. The predicted octanol–water partition coefficient (Wildman–Crippen LogP) is 5.76. The van der Waals surface area contributed by atoms with Crippen molar-refractivity contribution in [2.75, 3.05) is 33.4 Å². The number of piperidine rings is 1. The van der Waals surface area contributed by atoms with Crippen molar-refractivity contribution in [2.24, 2.45) is 5.41 Å². The monoisotopic (exact) mass is 546 g/mol. The smallest absolute Gasteiger partial charge is 0.253 e. The number of carbonyl (C=O) groups excluding carboxylic acids is 2. The van der Waals surface area contributed by atoms with Crippen molar-refractivity contribution in [3.05, 3.63) is 100 Å². The molecule has 0 saturated carbocycles. The van der Waals surface area contributed by atoms with Gasteiger partial charge in [0, 0.05) is 55.7 Å². The van der Waals surface area contributed by atoms with E-state index in [0.29, 0.717) is 68.4 Å². The van der Waals surface area contributed by atoms with Crippen molar-refractivity contribution in [1.82, 2.24) is 9.80 Å². The van der Waals surface area contributed by atoms with E-state index in [0.717, 1.165) is 18.5 Å². The summed E-state index contributed by atoms with van der Waals surface area (Å²) in [5.41, 5.74) is 3.80. The van der Waals surface area contributed by atoms with Crippen LogP contribution in [0, 0.1) is 5.41 Å². The van der Waals surface area contributed by atoms with Gasteiger partial charge in [0.2, 0.25) is 5.91 Å². The maximum absolute atomic E-state index is 13.6. The first kappa shape index (κ1) is 27.2. The summed E-state index contributed by atoms with van der Waals surface area (Å²) >= 11 is 6.18. The largest absolute Gasteiger partial charge is 0.493 e. The van der Waals surface area contributed by atoms with Crippen molar-refractivity contribution >= 4 is 23.4 Å². The fraction of sp³-hybridized carbons (Fsp3) is 0.375. The Balaban J connectivity index is 1.29. The van der Waals surface area contributed by atoms with Crippen LogP contribution in [-0.4, -0.2) is 55.0 Å². The van der Waals surface area contributed by atoms with E-state index in [-0.39, 0.29) is 17.2 Å². The summed E-state index contributed by atoms with van der Waals surface area (Å²) in [6.45, 7) is 3.37. The van der Waals surface area contributed by atoms with Crippen LogP contribution in [0.25, 0.3) is 0 Å². The Hall–Kier alpha value is -3.35. The molecule has 1 saturated heterocycles. The molecule has 2 aliphatic heterocycles. The second-order valence-electron chi connectivity index (χ2n) is 10.7. The molecular weight excluding hydrogens is 512 g/mol. The lowest BCUT2D eigenvalue weighted by atomic mass is 9.75. The number of carbonyl (C=O) groups is 2. The third-order valence-electron chi connectivity index (χ3n) is 7.95. The Morgan fingerprint density at radius 2 is 1.67 bits per heavy atom. The molecule has 0 unspecified atom stereocenters. The number of fused-ring (bicyclic) bond motifs is 1. The van der Waals surface area contributed by atoms with Gasteiger partial charge in [-0.2, -0.15) is 0 Å². The van der Waals surface area contributed by atoms with Crippen molar-refractivity contribution in [3.8, 4) is 5.75 Å². The van der Waals surface area contributed by atoms with E-state index in [1.165, 1.54) is 11.1 Å². The normalized spacial score (nSPS) is 16.5. The fourth-order valence-corrected chi connectivity index (χ4v) is 5.81. The number of rotatable bonds is 8. The van der Waals surface area contributed by atoms with Crippen LogP contribution < -0.4 is 4.74 Å². The molecule has 0 bridgehead atoms. The van der Waals surface area contributed by atoms with Crippen LogP contribution in [0.1, 0.15) is 46.3 Å². The maximum atomic E-state index is 13.6. The summed E-state index contributed by atoms with van der Waals surface area (Å²) in [5, 5.41) is 0.612. The first-order valence-electron chi connectivity index (χ1n) is 13.5. The molecule has 3 aromatic carbocycles. The minimum atomic E-state index is -0.370. The summed E-state index contributed by atoms with van der Waals surface area (Å²) in [6, 6.07) is 23.3. The fourth-order valence-electron chi connectivity index (χ4n) is 5.63. The number of hydrogen-bond acceptors (Lipinski definition) is 4. The maximum Gasteiger partial charge on any atom is 0.253 e. The predicted molar refractivity (Wildman–Crippen MR) is 152 cm³/mol. The number of methoxy groups -OCH3 is 1. The van der Waals surface area contributed by atoms with Crippen LogP contribution in [0.5, 0.6) is 5.75 Å². The summed E-state index contributed by atoms with van der Waals surface area (Å²) < 4.78 is 11.5. The molecular formula is C32H35ClN2O4. The molecule has 39 heavy (non-hydrogen) atoms. The molecule has 204 valence electrons. The summed E-state index contributed by atoms with van der Waals surface area (Å²) in [5.74, 6) is 0.845. The number of nitrogens with zero attached hydrogens (tertiary/aromatic N) is 2. The minimum Gasteiger partial charge on any atom is -0.493 e. The van der Waals surface area contributed by atoms with Gasteiger partial charge in [0.05, 0.1) is 13.2 Å². The number of halogens is 1. The Morgan fingerprint density at radius 3 is 2.44 bits per heavy atom. The van der Waals surface area contributed by atoms with Crippen molar-refractivity contribution in [2.45, 2.75) is 38.8 Å². The topological polar surface area (TPSA) is 59.1 Å². The van der Waals surface area contributed by atoms with E-state index in [1.54, 1.807) is 13.2 Å². The number of hydrogen-bond donors (Lipinski definition) is 0. The highest BCUT2D eigenvalue weighted by molar-refractivity contribution is 6.30. The van der Waals surface area contributed by atoms with Gasteiger partial charge in [0.1, 0.15) is 5.75 Å². The minimum absolute atomic E-state index is 0.0104. The number of ether oxygens (including phenoxy) is 2. The van der Waals surface area contributed by atoms with Crippen molar-refractivity contribution < 1.29 is 19.1 Å². The molecule has 1 fully saturated rings. The second-order valence-corrected chi connectivity index (χ2v) is 11.1. The molecule has 5 rings (SSSR count). The lowest BCUT2D eigenvalue weighted by Crippen LogP contribution is -2.48. The van der Waals surface area contributed by atoms with Gasteiger partial charge in [0.15, 0.2) is 0 Å². The zero-order valence-corrected chi connectivity index (χ0v) is 23.2. The molecule has 7 heteroatoms. The van der Waals surface area contributed by atoms with Gasteiger partial charge < -0.3 is 19.3 Å². The van der Waals surface area contributed by atoms with E-state index in [9.17, 15) is 9.59 Å². The Morgan fingerprint density at radius 1 is 0.897 bits per heavy atom. The van der Waals surface area contributed by atoms with E-state index in [2.05, 4.69) is 18.2 Å². The zero-order valence-electron chi connectivity index (χ0n) is 22.4. The van der Waals surface area contributed by atoms with Gasteiger partial charge in [-0.05, 0) is 66.3 Å². The molecule has 2 amide bonds. The van der Waals surface area contributed by atoms with Gasteiger partial charge in [-0.1, -0.05) is 54.1 Å². The highest BCUT2D eigenvalue weighted by Gasteiger charge is 2.40. The Bertz CT molecular complexity index is 1320. The quantitative estimate of drug-likeness (QED) is 0.360. The van der Waals surface area contributed by atoms with Crippen LogP contribution in [-0.2, 0) is 29.1 Å². The van der Waals surface area contributed by atoms with Crippen LogP contribution in [0.3, 0.4) is 0 Å². The van der Waals surface area contributed by atoms with Crippen LogP contribution in [0.4, 0.5) is 0 Å². The molecule has 0 atom stereocenters. The van der Waals surface area contributed by atoms with E-state index >= 15 is 0 Å². The third-order valence-corrected chi connectivity index (χ3v) is 8.18. The molecule has 0 aromatic heterocycles. The van der Waals surface area contributed by atoms with Gasteiger partial charge >= 0.3 is 0 Å². The lowest BCUT2D eigenvalue weighted by molar-refractivity contribution is -0.136. The molecule has 3 aromatic rings. The summed E-state index contributed by atoms with van der Waals surface area (Å²) in [4.78, 5) is 30.8. The molecule has 2 aliphatic rings.